The van der Waals surface area contributed by atoms with E-state index in [0.717, 1.165) is 28.0 Å². The van der Waals surface area contributed by atoms with Gasteiger partial charge in [0.15, 0.2) is 5.82 Å². The summed E-state index contributed by atoms with van der Waals surface area (Å²) in [5.74, 6) is -0.364. The third-order valence-electron chi connectivity index (χ3n) is 5.47. The van der Waals surface area contributed by atoms with Crippen LogP contribution in [0.2, 0.25) is 0 Å². The van der Waals surface area contributed by atoms with Crippen LogP contribution in [0.15, 0.2) is 64.9 Å². The fourth-order valence-electron chi connectivity index (χ4n) is 3.55. The topological polar surface area (TPSA) is 104 Å². The molecule has 4 rings (SSSR count). The number of carboxylic acid groups (broad SMARTS) is 1. The van der Waals surface area contributed by atoms with Crippen molar-refractivity contribution in [3.05, 3.63) is 65.4 Å². The molecule has 1 atom stereocenters. The molecule has 0 saturated heterocycles. The van der Waals surface area contributed by atoms with Crippen LogP contribution >= 0.6 is 0 Å². The summed E-state index contributed by atoms with van der Waals surface area (Å²) in [5.41, 5.74) is 5.14. The average molecular weight is 389 g/mol. The third kappa shape index (κ3) is 3.13. The predicted octanol–water partition coefficient (Wildman–Crippen LogP) is 3.08. The molecule has 2 N–H and O–H groups in total. The van der Waals surface area contributed by atoms with E-state index in [0.29, 0.717) is 18.1 Å². The minimum atomic E-state index is -0.955. The maximum Gasteiger partial charge on any atom is 0.343 e. The Bertz CT molecular complexity index is 1130. The Balaban J connectivity index is 1.75. The van der Waals surface area contributed by atoms with Gasteiger partial charge in [0.05, 0.1) is 7.05 Å². The van der Waals surface area contributed by atoms with Crippen LogP contribution in [0.5, 0.6) is 0 Å². The SMILES string of the molecule is CC[N+]1(C)N=C(c2ccc(-c3ccccc3-c3nnn[nH]3)cc2)C(C(=O)O)=C1C. The Morgan fingerprint density at radius 3 is 2.31 bits per heavy atom. The van der Waals surface area contributed by atoms with Gasteiger partial charge in [-0.3, -0.25) is 0 Å². The van der Waals surface area contributed by atoms with Crippen molar-refractivity contribution < 1.29 is 14.5 Å². The summed E-state index contributed by atoms with van der Waals surface area (Å²) in [6.45, 7) is 4.51. The maximum absolute atomic E-state index is 11.9. The van der Waals surface area contributed by atoms with E-state index >= 15 is 0 Å². The molecular formula is C21H21N6O2+. The van der Waals surface area contributed by atoms with Crippen molar-refractivity contribution in [2.24, 2.45) is 5.10 Å². The van der Waals surface area contributed by atoms with Crippen LogP contribution in [0.1, 0.15) is 19.4 Å². The number of hydrogen-bond donors (Lipinski definition) is 2. The fourth-order valence-corrected chi connectivity index (χ4v) is 3.55. The molecule has 2 heterocycles. The minimum absolute atomic E-state index is 0.250. The Morgan fingerprint density at radius 1 is 1.07 bits per heavy atom. The van der Waals surface area contributed by atoms with Crippen LogP contribution < -0.4 is 0 Å². The van der Waals surface area contributed by atoms with E-state index in [1.165, 1.54) is 0 Å². The van der Waals surface area contributed by atoms with E-state index in [1.54, 1.807) is 0 Å². The normalized spacial score (nSPS) is 18.8. The minimum Gasteiger partial charge on any atom is -0.477 e. The second-order valence-electron chi connectivity index (χ2n) is 7.04. The summed E-state index contributed by atoms with van der Waals surface area (Å²) in [5, 5.41) is 28.6. The lowest BCUT2D eigenvalue weighted by Gasteiger charge is -2.22. The van der Waals surface area contributed by atoms with E-state index in [2.05, 4.69) is 20.6 Å². The first-order chi connectivity index (χ1) is 13.9. The van der Waals surface area contributed by atoms with Gasteiger partial charge in [0, 0.05) is 18.1 Å². The predicted molar refractivity (Wildman–Crippen MR) is 109 cm³/mol. The second kappa shape index (κ2) is 7.06. The highest BCUT2D eigenvalue weighted by Gasteiger charge is 2.39. The van der Waals surface area contributed by atoms with E-state index in [-0.39, 0.29) is 10.2 Å². The summed E-state index contributed by atoms with van der Waals surface area (Å²) in [7, 11) is 1.92. The summed E-state index contributed by atoms with van der Waals surface area (Å²) in [6, 6.07) is 15.6. The molecule has 0 amide bonds. The first-order valence-corrected chi connectivity index (χ1v) is 9.29. The molecule has 29 heavy (non-hydrogen) atoms. The largest absolute Gasteiger partial charge is 0.477 e. The van der Waals surface area contributed by atoms with Gasteiger partial charge in [-0.1, -0.05) is 53.6 Å². The number of hydrogen-bond acceptors (Lipinski definition) is 5. The Kier molecular flexibility index (Phi) is 4.56. The Hall–Kier alpha value is -3.65. The number of carboxylic acids is 1. The molecule has 146 valence electrons. The zero-order valence-corrected chi connectivity index (χ0v) is 16.4. The van der Waals surface area contributed by atoms with Gasteiger partial charge in [-0.2, -0.15) is 4.59 Å². The monoisotopic (exact) mass is 389 g/mol. The highest BCUT2D eigenvalue weighted by Crippen LogP contribution is 2.33. The molecule has 0 bridgehead atoms. The molecule has 1 aromatic heterocycles. The van der Waals surface area contributed by atoms with Crippen molar-refractivity contribution in [3.8, 4) is 22.5 Å². The van der Waals surface area contributed by atoms with Gasteiger partial charge in [0.25, 0.3) is 0 Å². The fraction of sp³-hybridized carbons (Fsp3) is 0.190. The molecule has 0 aliphatic carbocycles. The number of aliphatic carboxylic acids is 1. The molecule has 8 heteroatoms. The summed E-state index contributed by atoms with van der Waals surface area (Å²) in [6.07, 6.45) is 0. The molecule has 0 spiro atoms. The molecule has 1 aliphatic heterocycles. The molecular weight excluding hydrogens is 368 g/mol. The first-order valence-electron chi connectivity index (χ1n) is 9.29. The van der Waals surface area contributed by atoms with Crippen LogP contribution in [0.25, 0.3) is 22.5 Å². The van der Waals surface area contributed by atoms with Crippen molar-refractivity contribution >= 4 is 11.7 Å². The number of nitrogens with zero attached hydrogens (tertiary/aromatic N) is 5. The highest BCUT2D eigenvalue weighted by atomic mass is 16.4. The Labute approximate surface area is 167 Å². The van der Waals surface area contributed by atoms with E-state index in [4.69, 9.17) is 5.10 Å². The number of quaternary nitrogens is 1. The molecule has 1 unspecified atom stereocenters. The van der Waals surface area contributed by atoms with Crippen molar-refractivity contribution in [1.29, 1.82) is 0 Å². The summed E-state index contributed by atoms with van der Waals surface area (Å²) >= 11 is 0. The average Bonchev–Trinajstić information content (AvgIpc) is 3.36. The van der Waals surface area contributed by atoms with Crippen molar-refractivity contribution in [2.75, 3.05) is 13.6 Å². The molecule has 0 fully saturated rings. The number of aromatic amines is 1. The van der Waals surface area contributed by atoms with E-state index in [9.17, 15) is 9.90 Å². The van der Waals surface area contributed by atoms with Gasteiger partial charge in [0.1, 0.15) is 23.5 Å². The molecule has 8 nitrogen and oxygen atoms in total. The molecule has 0 radical (unpaired) electrons. The smallest absolute Gasteiger partial charge is 0.343 e. The second-order valence-corrected chi connectivity index (χ2v) is 7.04. The lowest BCUT2D eigenvalue weighted by molar-refractivity contribution is -0.875. The zero-order valence-electron chi connectivity index (χ0n) is 16.4. The number of carbonyl (C=O) groups is 1. The van der Waals surface area contributed by atoms with Gasteiger partial charge in [0.2, 0.25) is 0 Å². The van der Waals surface area contributed by atoms with Crippen LogP contribution in [0, 0.1) is 0 Å². The third-order valence-corrected chi connectivity index (χ3v) is 5.47. The number of rotatable bonds is 5. The zero-order chi connectivity index (χ0) is 20.6. The van der Waals surface area contributed by atoms with Gasteiger partial charge in [-0.25, -0.2) is 9.89 Å². The van der Waals surface area contributed by atoms with Gasteiger partial charge in [-0.05, 0) is 28.5 Å². The number of nitrogens with one attached hydrogen (secondary N) is 1. The van der Waals surface area contributed by atoms with Crippen molar-refractivity contribution in [2.45, 2.75) is 13.8 Å². The lowest BCUT2D eigenvalue weighted by Crippen LogP contribution is -2.34. The van der Waals surface area contributed by atoms with Crippen molar-refractivity contribution in [3.63, 3.8) is 0 Å². The number of allylic oxidation sites excluding steroid dienone is 1. The first kappa shape index (κ1) is 18.7. The lowest BCUT2D eigenvalue weighted by atomic mass is 9.96. The molecule has 2 aromatic carbocycles. The van der Waals surface area contributed by atoms with Crippen LogP contribution in [0.3, 0.4) is 0 Å². The number of aromatic nitrogens is 4. The van der Waals surface area contributed by atoms with E-state index in [1.807, 2.05) is 69.4 Å². The van der Waals surface area contributed by atoms with Crippen molar-refractivity contribution in [1.82, 2.24) is 20.6 Å². The van der Waals surface area contributed by atoms with Gasteiger partial charge in [-0.15, -0.1) is 5.10 Å². The molecule has 0 saturated carbocycles. The van der Waals surface area contributed by atoms with Crippen LogP contribution in [-0.2, 0) is 4.79 Å². The summed E-state index contributed by atoms with van der Waals surface area (Å²) in [4.78, 5) is 11.9. The molecule has 1 aliphatic rings. The van der Waals surface area contributed by atoms with Gasteiger partial charge >= 0.3 is 5.97 Å². The Morgan fingerprint density at radius 2 is 1.72 bits per heavy atom. The maximum atomic E-state index is 11.9. The van der Waals surface area contributed by atoms with Crippen LogP contribution in [0.4, 0.5) is 0 Å². The molecule has 3 aromatic rings. The van der Waals surface area contributed by atoms with Gasteiger partial charge < -0.3 is 5.11 Å². The van der Waals surface area contributed by atoms with Crippen LogP contribution in [-0.4, -0.2) is 55.6 Å². The van der Waals surface area contributed by atoms with E-state index < -0.39 is 5.97 Å². The number of tetrazole rings is 1. The highest BCUT2D eigenvalue weighted by molar-refractivity contribution is 6.27. The number of benzene rings is 2. The summed E-state index contributed by atoms with van der Waals surface area (Å²) < 4.78 is 0.250. The standard InChI is InChI=1S/C21H20N6O2/c1-4-27(3)13(2)18(21(28)29)19(24-27)15-11-9-14(10-12-15)16-7-5-6-8-17(16)20-22-25-26-23-20/h5-12H,4H2,1-3H3,(H-,22,23,24,25,26,28,29)/p+1. The number of H-pyrrole nitrogens is 1. The quantitative estimate of drug-likeness (QED) is 0.653.